The van der Waals surface area contributed by atoms with E-state index >= 15 is 0 Å². The fourth-order valence-electron chi connectivity index (χ4n) is 2.01. The van der Waals surface area contributed by atoms with Gasteiger partial charge in [-0.05, 0) is 31.5 Å². The van der Waals surface area contributed by atoms with Crippen molar-refractivity contribution in [3.8, 4) is 5.75 Å². The number of likely N-dealkylation sites (tertiary alicyclic amines) is 1. The van der Waals surface area contributed by atoms with Gasteiger partial charge in [0, 0.05) is 18.5 Å². The molecule has 88 valence electrons. The maximum atomic E-state index is 6.12. The molecule has 0 amide bonds. The van der Waals surface area contributed by atoms with Crippen molar-refractivity contribution in [2.24, 2.45) is 0 Å². The van der Waals surface area contributed by atoms with Crippen LogP contribution in [0.4, 0.5) is 0 Å². The molecule has 1 unspecified atom stereocenters. The first-order chi connectivity index (χ1) is 7.84. The van der Waals surface area contributed by atoms with E-state index < -0.39 is 0 Å². The quantitative estimate of drug-likeness (QED) is 0.750. The first-order valence-corrected chi connectivity index (χ1v) is 6.32. The summed E-state index contributed by atoms with van der Waals surface area (Å²) in [5, 5.41) is 0.325. The minimum absolute atomic E-state index is 0.325. The molecule has 0 saturated carbocycles. The smallest absolute Gasteiger partial charge is 0.119 e. The number of hydrogen-bond donors (Lipinski definition) is 0. The molecule has 0 radical (unpaired) electrons. The van der Waals surface area contributed by atoms with E-state index in [2.05, 4.69) is 4.90 Å². The Labute approximate surface area is 102 Å². The van der Waals surface area contributed by atoms with E-state index in [1.54, 1.807) is 0 Å². The molecule has 2 rings (SSSR count). The predicted octanol–water partition coefficient (Wildman–Crippen LogP) is 2.77. The summed E-state index contributed by atoms with van der Waals surface area (Å²) < 4.78 is 5.66. The molecule has 2 nitrogen and oxygen atoms in total. The SMILES string of the molecule is ClC1CCCN(CCOc2ccccc2)C1. The van der Waals surface area contributed by atoms with Crippen molar-refractivity contribution in [2.75, 3.05) is 26.2 Å². The van der Waals surface area contributed by atoms with Gasteiger partial charge < -0.3 is 4.74 Å². The molecule has 1 aromatic carbocycles. The number of hydrogen-bond acceptors (Lipinski definition) is 2. The molecule has 1 aliphatic rings. The predicted molar refractivity (Wildman–Crippen MR) is 67.3 cm³/mol. The van der Waals surface area contributed by atoms with Crippen LogP contribution in [0.5, 0.6) is 5.75 Å². The lowest BCUT2D eigenvalue weighted by molar-refractivity contribution is 0.185. The van der Waals surface area contributed by atoms with Gasteiger partial charge in [0.2, 0.25) is 0 Å². The van der Waals surface area contributed by atoms with Gasteiger partial charge in [-0.3, -0.25) is 4.90 Å². The molecule has 0 aromatic heterocycles. The van der Waals surface area contributed by atoms with Gasteiger partial charge in [0.15, 0.2) is 0 Å². The second-order valence-corrected chi connectivity index (χ2v) is 4.82. The summed E-state index contributed by atoms with van der Waals surface area (Å²) in [7, 11) is 0. The molecule has 1 aliphatic heterocycles. The van der Waals surface area contributed by atoms with Crippen LogP contribution in [0.15, 0.2) is 30.3 Å². The second kappa shape index (κ2) is 6.12. The largest absolute Gasteiger partial charge is 0.492 e. The average molecular weight is 240 g/mol. The van der Waals surface area contributed by atoms with Crippen LogP contribution in [-0.4, -0.2) is 36.5 Å². The number of para-hydroxylation sites is 1. The van der Waals surface area contributed by atoms with Gasteiger partial charge in [0.25, 0.3) is 0 Å². The molecule has 16 heavy (non-hydrogen) atoms. The van der Waals surface area contributed by atoms with Crippen LogP contribution in [0.1, 0.15) is 12.8 Å². The highest BCUT2D eigenvalue weighted by Crippen LogP contribution is 2.15. The standard InChI is InChI=1S/C13H18ClNO/c14-12-5-4-8-15(11-12)9-10-16-13-6-2-1-3-7-13/h1-3,6-7,12H,4-5,8-11H2. The Kier molecular flexibility index (Phi) is 4.49. The topological polar surface area (TPSA) is 12.5 Å². The summed E-state index contributed by atoms with van der Waals surface area (Å²) >= 11 is 6.12. The van der Waals surface area contributed by atoms with Crippen LogP contribution in [0, 0.1) is 0 Å². The average Bonchev–Trinajstić information content (AvgIpc) is 2.30. The van der Waals surface area contributed by atoms with Crippen molar-refractivity contribution in [1.82, 2.24) is 4.90 Å². The van der Waals surface area contributed by atoms with E-state index in [9.17, 15) is 0 Å². The zero-order valence-corrected chi connectivity index (χ0v) is 10.2. The minimum Gasteiger partial charge on any atom is -0.492 e. The molecule has 1 saturated heterocycles. The summed E-state index contributed by atoms with van der Waals surface area (Å²) in [6.07, 6.45) is 2.36. The van der Waals surface area contributed by atoms with Crippen molar-refractivity contribution in [3.05, 3.63) is 30.3 Å². The lowest BCUT2D eigenvalue weighted by Crippen LogP contribution is -2.38. The second-order valence-electron chi connectivity index (χ2n) is 4.20. The zero-order valence-electron chi connectivity index (χ0n) is 9.44. The van der Waals surface area contributed by atoms with Gasteiger partial charge in [0.05, 0.1) is 0 Å². The summed E-state index contributed by atoms with van der Waals surface area (Å²) in [5.41, 5.74) is 0. The third-order valence-electron chi connectivity index (χ3n) is 2.87. The maximum Gasteiger partial charge on any atom is 0.119 e. The summed E-state index contributed by atoms with van der Waals surface area (Å²) in [6.45, 7) is 3.87. The highest BCUT2D eigenvalue weighted by Gasteiger charge is 2.17. The number of halogens is 1. The van der Waals surface area contributed by atoms with Crippen LogP contribution in [0.25, 0.3) is 0 Å². The summed E-state index contributed by atoms with van der Waals surface area (Å²) in [5.74, 6) is 0.946. The van der Waals surface area contributed by atoms with Gasteiger partial charge in [-0.2, -0.15) is 0 Å². The van der Waals surface area contributed by atoms with Crippen LogP contribution in [0.2, 0.25) is 0 Å². The summed E-state index contributed by atoms with van der Waals surface area (Å²) in [6, 6.07) is 9.95. The molecule has 3 heteroatoms. The molecule has 0 aliphatic carbocycles. The molecular weight excluding hydrogens is 222 g/mol. The minimum atomic E-state index is 0.325. The number of benzene rings is 1. The van der Waals surface area contributed by atoms with E-state index in [0.717, 1.165) is 38.4 Å². The molecule has 0 N–H and O–H groups in total. The number of rotatable bonds is 4. The lowest BCUT2D eigenvalue weighted by atomic mass is 10.1. The molecular formula is C13H18ClNO. The molecule has 0 bridgehead atoms. The Morgan fingerprint density at radius 1 is 1.31 bits per heavy atom. The van der Waals surface area contributed by atoms with Crippen molar-refractivity contribution in [2.45, 2.75) is 18.2 Å². The van der Waals surface area contributed by atoms with Gasteiger partial charge in [-0.25, -0.2) is 0 Å². The molecule has 1 heterocycles. The lowest BCUT2D eigenvalue weighted by Gasteiger charge is -2.29. The molecule has 1 fully saturated rings. The van der Waals surface area contributed by atoms with E-state index in [0.29, 0.717) is 5.38 Å². The van der Waals surface area contributed by atoms with E-state index in [1.165, 1.54) is 6.42 Å². The highest BCUT2D eigenvalue weighted by molar-refractivity contribution is 6.20. The summed E-state index contributed by atoms with van der Waals surface area (Å²) in [4.78, 5) is 2.38. The number of piperidine rings is 1. The van der Waals surface area contributed by atoms with Crippen LogP contribution in [0.3, 0.4) is 0 Å². The van der Waals surface area contributed by atoms with Crippen molar-refractivity contribution >= 4 is 11.6 Å². The normalized spacial score (nSPS) is 21.9. The molecule has 1 atom stereocenters. The molecule has 1 aromatic rings. The fraction of sp³-hybridized carbons (Fsp3) is 0.538. The maximum absolute atomic E-state index is 6.12. The highest BCUT2D eigenvalue weighted by atomic mass is 35.5. The van der Waals surface area contributed by atoms with Crippen LogP contribution >= 0.6 is 11.6 Å². The van der Waals surface area contributed by atoms with Crippen LogP contribution < -0.4 is 4.74 Å². The van der Waals surface area contributed by atoms with Gasteiger partial charge in [0.1, 0.15) is 12.4 Å². The Morgan fingerprint density at radius 3 is 2.88 bits per heavy atom. The van der Waals surface area contributed by atoms with Crippen molar-refractivity contribution < 1.29 is 4.74 Å². The third kappa shape index (κ3) is 3.69. The number of alkyl halides is 1. The van der Waals surface area contributed by atoms with E-state index in [1.807, 2.05) is 30.3 Å². The van der Waals surface area contributed by atoms with Gasteiger partial charge in [-0.1, -0.05) is 18.2 Å². The Balaban J connectivity index is 1.68. The Morgan fingerprint density at radius 2 is 2.12 bits per heavy atom. The zero-order chi connectivity index (χ0) is 11.2. The first kappa shape index (κ1) is 11.7. The first-order valence-electron chi connectivity index (χ1n) is 5.89. The fourth-order valence-corrected chi connectivity index (χ4v) is 2.36. The van der Waals surface area contributed by atoms with Crippen LogP contribution in [-0.2, 0) is 0 Å². The van der Waals surface area contributed by atoms with Gasteiger partial charge >= 0.3 is 0 Å². The third-order valence-corrected chi connectivity index (χ3v) is 3.22. The van der Waals surface area contributed by atoms with E-state index in [4.69, 9.17) is 16.3 Å². The van der Waals surface area contributed by atoms with Crippen molar-refractivity contribution in [3.63, 3.8) is 0 Å². The Bertz CT molecular complexity index is 304. The van der Waals surface area contributed by atoms with Crippen molar-refractivity contribution in [1.29, 1.82) is 0 Å². The number of nitrogens with zero attached hydrogens (tertiary/aromatic N) is 1. The Hall–Kier alpha value is -0.730. The molecule has 0 spiro atoms. The monoisotopic (exact) mass is 239 g/mol. The van der Waals surface area contributed by atoms with Gasteiger partial charge in [-0.15, -0.1) is 11.6 Å². The van der Waals surface area contributed by atoms with E-state index in [-0.39, 0.29) is 0 Å². The number of ether oxygens (including phenoxy) is 1.